The highest BCUT2D eigenvalue weighted by Crippen LogP contribution is 2.33. The quantitative estimate of drug-likeness (QED) is 0.192. The first-order chi connectivity index (χ1) is 10.1. The van der Waals surface area contributed by atoms with Gasteiger partial charge in [0.05, 0.1) is 37.9 Å². The van der Waals surface area contributed by atoms with Gasteiger partial charge in [-0.3, -0.25) is 0 Å². The third kappa shape index (κ3) is 5.92. The van der Waals surface area contributed by atoms with E-state index in [2.05, 4.69) is 22.4 Å². The predicted octanol–water partition coefficient (Wildman–Crippen LogP) is 2.16. The van der Waals surface area contributed by atoms with E-state index in [1.807, 2.05) is 0 Å². The van der Waals surface area contributed by atoms with Gasteiger partial charge in [-0.05, 0) is 37.4 Å². The van der Waals surface area contributed by atoms with Crippen LogP contribution < -0.4 is 0 Å². The van der Waals surface area contributed by atoms with Crippen LogP contribution in [-0.2, 0) is 10.1 Å². The molecule has 0 amide bonds. The van der Waals surface area contributed by atoms with Crippen molar-refractivity contribution in [3.63, 3.8) is 0 Å². The molecule has 3 heterocycles. The van der Waals surface area contributed by atoms with Crippen molar-refractivity contribution in [2.45, 2.75) is 31.2 Å². The smallest absolute Gasteiger partial charge is 0.485 e. The largest absolute Gasteiger partial charge is 0.741 e. The van der Waals surface area contributed by atoms with Crippen LogP contribution >= 0.6 is 12.2 Å². The Bertz CT molecular complexity index is 494. The van der Waals surface area contributed by atoms with E-state index in [4.69, 9.17) is 13.0 Å². The molecule has 3 rings (SSSR count). The van der Waals surface area contributed by atoms with E-state index in [1.54, 1.807) is 0 Å². The second-order valence-electron chi connectivity index (χ2n) is 5.69. The first kappa shape index (κ1) is 19.5. The molecule has 0 N–H and O–H groups in total. The molecular weight excluding hydrogens is 341 g/mol. The fraction of sp³-hybridized carbons (Fsp3) is 0.917. The maximum atomic E-state index is 10.7. The third-order valence-electron chi connectivity index (χ3n) is 4.29. The number of fused-ring (bicyclic) bond motifs is 3. The Hall–Kier alpha value is -0.540. The number of halogens is 3. The van der Waals surface area contributed by atoms with E-state index in [1.165, 1.54) is 56.3 Å². The highest BCUT2D eigenvalue weighted by atomic mass is 32.2. The molecule has 2 bridgehead atoms. The monoisotopic (exact) mass is 360 g/mol. The van der Waals surface area contributed by atoms with E-state index in [0.717, 1.165) is 12.5 Å². The normalized spacial score (nSPS) is 27.5. The van der Waals surface area contributed by atoms with Gasteiger partial charge < -0.3 is 9.04 Å². The Morgan fingerprint density at radius 1 is 1.23 bits per heavy atom. The molecule has 0 spiro atoms. The molecule has 0 aromatic carbocycles. The van der Waals surface area contributed by atoms with E-state index >= 15 is 0 Å². The number of aliphatic imine (C=N–C) groups is 1. The Morgan fingerprint density at radius 2 is 1.68 bits per heavy atom. The van der Waals surface area contributed by atoms with Gasteiger partial charge in [-0.25, -0.2) is 13.4 Å². The average molecular weight is 360 g/mol. The number of hydrogen-bond donors (Lipinski definition) is 0. The van der Waals surface area contributed by atoms with Crippen LogP contribution in [0.4, 0.5) is 13.2 Å². The van der Waals surface area contributed by atoms with Gasteiger partial charge in [0.15, 0.2) is 10.1 Å². The number of rotatable bonds is 4. The molecule has 3 fully saturated rings. The van der Waals surface area contributed by atoms with Crippen LogP contribution in [0.25, 0.3) is 0 Å². The van der Waals surface area contributed by atoms with Crippen molar-refractivity contribution in [3.05, 3.63) is 0 Å². The summed E-state index contributed by atoms with van der Waals surface area (Å²) in [5, 5.41) is 2.45. The molecule has 5 nitrogen and oxygen atoms in total. The summed E-state index contributed by atoms with van der Waals surface area (Å²) in [5.74, 6) is 1.06. The number of isothiocyanates is 1. The van der Waals surface area contributed by atoms with Crippen molar-refractivity contribution in [1.29, 1.82) is 0 Å². The minimum absolute atomic E-state index is 0.882. The molecule has 0 aromatic heterocycles. The summed E-state index contributed by atoms with van der Waals surface area (Å²) in [6.07, 6.45) is 5.59. The van der Waals surface area contributed by atoms with Crippen molar-refractivity contribution >= 4 is 27.5 Å². The van der Waals surface area contributed by atoms with Crippen molar-refractivity contribution < 1.29 is 30.6 Å². The SMILES string of the molecule is O=S(=O)([O-])C(F)(F)F.S=C=NCCC[N+]12CCC(CC1)CC2. The van der Waals surface area contributed by atoms with Gasteiger partial charge in [-0.1, -0.05) is 0 Å². The second kappa shape index (κ2) is 7.83. The summed E-state index contributed by atoms with van der Waals surface area (Å²) in [7, 11) is -6.09. The van der Waals surface area contributed by atoms with E-state index in [-0.39, 0.29) is 0 Å². The molecular formula is C12H19F3N2O3S2. The van der Waals surface area contributed by atoms with Crippen molar-refractivity contribution in [1.82, 2.24) is 0 Å². The zero-order valence-corrected chi connectivity index (χ0v) is 13.6. The molecule has 10 heteroatoms. The number of hydrogen-bond acceptors (Lipinski definition) is 5. The molecule has 0 unspecified atom stereocenters. The summed E-state index contributed by atoms with van der Waals surface area (Å²) < 4.78 is 60.3. The topological polar surface area (TPSA) is 69.6 Å². The Labute approximate surface area is 133 Å². The van der Waals surface area contributed by atoms with Crippen LogP contribution in [0.15, 0.2) is 4.99 Å². The standard InChI is InChI=1S/C11H19N2S.CHF3O3S/c14-10-12-5-1-6-13-7-2-11(3-8-13)4-9-13;2-1(3,4)8(5,6)7/h11H,1-9H2;(H,5,6,7)/q+1;/p-1. The van der Waals surface area contributed by atoms with Gasteiger partial charge in [0, 0.05) is 6.42 Å². The third-order valence-corrected chi connectivity index (χ3v) is 4.98. The predicted molar refractivity (Wildman–Crippen MR) is 77.3 cm³/mol. The van der Waals surface area contributed by atoms with Crippen LogP contribution in [0.2, 0.25) is 0 Å². The molecule has 0 radical (unpaired) electrons. The zero-order valence-electron chi connectivity index (χ0n) is 12.0. The van der Waals surface area contributed by atoms with Gasteiger partial charge in [0.2, 0.25) is 0 Å². The lowest BCUT2D eigenvalue weighted by atomic mass is 9.85. The summed E-state index contributed by atoms with van der Waals surface area (Å²) in [6, 6.07) is 0. The second-order valence-corrected chi connectivity index (χ2v) is 7.25. The Balaban J connectivity index is 0.000000261. The number of piperidine rings is 3. The van der Waals surface area contributed by atoms with Crippen molar-refractivity contribution in [3.8, 4) is 0 Å². The molecule has 3 aliphatic heterocycles. The zero-order chi connectivity index (χ0) is 16.9. The fourth-order valence-corrected chi connectivity index (χ4v) is 3.10. The fourth-order valence-electron chi connectivity index (χ4n) is 3.00. The molecule has 0 saturated carbocycles. The highest BCUT2D eigenvalue weighted by Gasteiger charge is 2.39. The first-order valence-electron chi connectivity index (χ1n) is 7.00. The van der Waals surface area contributed by atoms with Crippen LogP contribution in [0, 0.1) is 5.92 Å². The van der Waals surface area contributed by atoms with Gasteiger partial charge in [-0.2, -0.15) is 13.2 Å². The maximum Gasteiger partial charge on any atom is 0.485 e. The van der Waals surface area contributed by atoms with Gasteiger partial charge in [0.25, 0.3) is 0 Å². The molecule has 3 aliphatic rings. The lowest BCUT2D eigenvalue weighted by Gasteiger charge is -2.49. The molecule has 0 atom stereocenters. The van der Waals surface area contributed by atoms with Crippen LogP contribution in [0.5, 0.6) is 0 Å². The minimum atomic E-state index is -6.09. The molecule has 0 aliphatic carbocycles. The Morgan fingerprint density at radius 3 is 2.05 bits per heavy atom. The lowest BCUT2D eigenvalue weighted by Crippen LogP contribution is -2.58. The molecule has 3 saturated heterocycles. The molecule has 0 aromatic rings. The number of quaternary nitrogens is 1. The number of thiocarbonyl (C=S) groups is 1. The van der Waals surface area contributed by atoms with E-state index in [0.29, 0.717) is 0 Å². The molecule has 22 heavy (non-hydrogen) atoms. The lowest BCUT2D eigenvalue weighted by molar-refractivity contribution is -0.942. The number of alkyl halides is 3. The maximum absolute atomic E-state index is 10.7. The van der Waals surface area contributed by atoms with Crippen LogP contribution in [-0.4, -0.2) is 60.8 Å². The summed E-state index contributed by atoms with van der Waals surface area (Å²) in [4.78, 5) is 3.99. The van der Waals surface area contributed by atoms with Crippen molar-refractivity contribution in [2.75, 3.05) is 32.7 Å². The van der Waals surface area contributed by atoms with Gasteiger partial charge in [-0.15, -0.1) is 0 Å². The van der Waals surface area contributed by atoms with Crippen molar-refractivity contribution in [2.24, 2.45) is 10.9 Å². The van der Waals surface area contributed by atoms with E-state index < -0.39 is 15.6 Å². The first-order valence-corrected chi connectivity index (χ1v) is 8.82. The molecule has 128 valence electrons. The summed E-state index contributed by atoms with van der Waals surface area (Å²) in [6.45, 7) is 6.46. The highest BCUT2D eigenvalue weighted by molar-refractivity contribution is 7.86. The Kier molecular flexibility index (Phi) is 6.94. The van der Waals surface area contributed by atoms with Crippen LogP contribution in [0.1, 0.15) is 25.7 Å². The van der Waals surface area contributed by atoms with Gasteiger partial charge >= 0.3 is 5.51 Å². The summed E-state index contributed by atoms with van der Waals surface area (Å²) in [5.41, 5.74) is -5.65. The minimum Gasteiger partial charge on any atom is -0.741 e. The van der Waals surface area contributed by atoms with Crippen LogP contribution in [0.3, 0.4) is 0 Å². The van der Waals surface area contributed by atoms with Gasteiger partial charge in [0.1, 0.15) is 0 Å². The summed E-state index contributed by atoms with van der Waals surface area (Å²) >= 11 is 4.56. The number of nitrogens with zero attached hydrogens (tertiary/aromatic N) is 2. The van der Waals surface area contributed by atoms with E-state index in [9.17, 15) is 13.2 Å². The average Bonchev–Trinajstić information content (AvgIpc) is 2.44.